The summed E-state index contributed by atoms with van der Waals surface area (Å²) < 4.78 is 22.1. The predicted molar refractivity (Wildman–Crippen MR) is 129 cm³/mol. The van der Waals surface area contributed by atoms with E-state index in [1.54, 1.807) is 31.2 Å². The molecule has 0 bridgehead atoms. The topological polar surface area (TPSA) is 108 Å². The number of carbonyl (C=O) groups excluding carboxylic acids is 3. The van der Waals surface area contributed by atoms with E-state index in [1.807, 2.05) is 12.1 Å². The second-order valence-electron chi connectivity index (χ2n) is 9.39. The van der Waals surface area contributed by atoms with Crippen molar-refractivity contribution in [3.8, 4) is 23.0 Å². The molecule has 0 aromatic heterocycles. The van der Waals surface area contributed by atoms with Gasteiger partial charge in [0.15, 0.2) is 11.5 Å². The van der Waals surface area contributed by atoms with Crippen LogP contribution in [0.3, 0.4) is 0 Å². The van der Waals surface area contributed by atoms with Gasteiger partial charge < -0.3 is 24.1 Å². The molecule has 1 N–H and O–H groups in total. The van der Waals surface area contributed by atoms with Crippen molar-refractivity contribution in [2.45, 2.75) is 63.9 Å². The third-order valence-corrected chi connectivity index (χ3v) is 6.78. The van der Waals surface area contributed by atoms with Crippen LogP contribution >= 0.6 is 0 Å². The number of allylic oxidation sites excluding steroid dienone is 1. The molecule has 0 fully saturated rings. The maximum Gasteiger partial charge on any atom is 0.342 e. The van der Waals surface area contributed by atoms with Gasteiger partial charge in [0.05, 0.1) is 12.5 Å². The molecule has 0 saturated carbocycles. The van der Waals surface area contributed by atoms with Crippen molar-refractivity contribution in [1.82, 2.24) is 0 Å². The first-order chi connectivity index (χ1) is 17.4. The van der Waals surface area contributed by atoms with E-state index in [0.29, 0.717) is 61.2 Å². The molecule has 2 atom stereocenters. The summed E-state index contributed by atoms with van der Waals surface area (Å²) in [6.07, 6.45) is 6.59. The van der Waals surface area contributed by atoms with Crippen molar-refractivity contribution in [2.24, 2.45) is 0 Å². The van der Waals surface area contributed by atoms with E-state index >= 15 is 0 Å². The van der Waals surface area contributed by atoms with E-state index in [1.165, 1.54) is 0 Å². The Morgan fingerprint density at radius 3 is 2.64 bits per heavy atom. The van der Waals surface area contributed by atoms with Crippen LogP contribution in [-0.4, -0.2) is 35.7 Å². The van der Waals surface area contributed by atoms with Crippen LogP contribution in [0.4, 0.5) is 0 Å². The minimum atomic E-state index is -0.660. The number of esters is 2. The fourth-order valence-electron chi connectivity index (χ4n) is 4.93. The van der Waals surface area contributed by atoms with Crippen LogP contribution in [0, 0.1) is 0 Å². The number of phenolic OH excluding ortho intramolecular Hbond substituents is 1. The summed E-state index contributed by atoms with van der Waals surface area (Å²) in [5, 5.41) is 11.5. The zero-order valence-corrected chi connectivity index (χ0v) is 20.1. The van der Waals surface area contributed by atoms with E-state index < -0.39 is 24.0 Å². The van der Waals surface area contributed by atoms with Crippen LogP contribution in [0.2, 0.25) is 0 Å². The van der Waals surface area contributed by atoms with Crippen molar-refractivity contribution in [3.05, 3.63) is 52.6 Å². The second kappa shape index (κ2) is 10.0. The number of cyclic esters (lactones) is 1. The molecule has 0 aliphatic carbocycles. The molecule has 0 radical (unpaired) electrons. The highest BCUT2D eigenvalue weighted by molar-refractivity contribution is 5.98. The molecule has 188 valence electrons. The van der Waals surface area contributed by atoms with Gasteiger partial charge in [0.2, 0.25) is 6.79 Å². The number of Topliss-reactive ketones (excluding diaryl/α,β-unsaturated/α-hetero) is 1. The first kappa shape index (κ1) is 23.9. The Bertz CT molecular complexity index is 1240. The highest BCUT2D eigenvalue weighted by Crippen LogP contribution is 2.48. The Labute approximate surface area is 208 Å². The van der Waals surface area contributed by atoms with E-state index in [4.69, 9.17) is 18.9 Å². The van der Waals surface area contributed by atoms with Gasteiger partial charge in [0.25, 0.3) is 0 Å². The molecular weight excluding hydrogens is 464 g/mol. The number of ketones is 1. The number of carbonyl (C=O) groups is 3. The zero-order chi connectivity index (χ0) is 25.2. The lowest BCUT2D eigenvalue weighted by molar-refractivity contribution is -0.135. The molecule has 0 amide bonds. The standard InChI is InChI=1S/C28H28O8/c1-16-6-5-9-19(29)8-4-2-3-7-18-13-23-26(27(31)25(18)28(32)35-16)20(14-24(30)36-23)17-10-11-21-22(12-17)34-15-33-21/h3,7,10-13,16,20,31H,2,4-6,8-9,14-15H2,1H3/t16-,20+/m0/s1. The molecule has 0 spiro atoms. The minimum absolute atomic E-state index is 0.00565. The Balaban J connectivity index is 1.59. The third kappa shape index (κ3) is 4.80. The Morgan fingerprint density at radius 2 is 1.78 bits per heavy atom. The summed E-state index contributed by atoms with van der Waals surface area (Å²) in [5.41, 5.74) is 1.52. The Kier molecular flexibility index (Phi) is 6.67. The van der Waals surface area contributed by atoms with Gasteiger partial charge in [-0.3, -0.25) is 9.59 Å². The average molecular weight is 493 g/mol. The molecule has 36 heavy (non-hydrogen) atoms. The molecule has 3 aliphatic rings. The quantitative estimate of drug-likeness (QED) is 0.436. The number of fused-ring (bicyclic) bond motifs is 3. The Morgan fingerprint density at radius 1 is 0.972 bits per heavy atom. The largest absolute Gasteiger partial charge is 0.507 e. The van der Waals surface area contributed by atoms with Gasteiger partial charge in [-0.05, 0) is 61.9 Å². The lowest BCUT2D eigenvalue weighted by atomic mass is 9.83. The van der Waals surface area contributed by atoms with Crippen LogP contribution in [0.5, 0.6) is 23.0 Å². The van der Waals surface area contributed by atoms with Gasteiger partial charge in [0, 0.05) is 24.3 Å². The summed E-state index contributed by atoms with van der Waals surface area (Å²) in [7, 11) is 0. The summed E-state index contributed by atoms with van der Waals surface area (Å²) >= 11 is 0. The lowest BCUT2D eigenvalue weighted by Crippen LogP contribution is -2.23. The Hall–Kier alpha value is -3.81. The van der Waals surface area contributed by atoms with E-state index in [9.17, 15) is 19.5 Å². The SMILES string of the molecule is C[C@H]1CCCC(=O)CCCC=Cc2cc3c(c(O)c2C(=O)O1)[C@@H](c1ccc2c(c1)OCO2)CC(=O)O3. The first-order valence-electron chi connectivity index (χ1n) is 12.3. The van der Waals surface area contributed by atoms with Gasteiger partial charge >= 0.3 is 11.9 Å². The van der Waals surface area contributed by atoms with Gasteiger partial charge in [-0.1, -0.05) is 18.2 Å². The van der Waals surface area contributed by atoms with Crippen molar-refractivity contribution >= 4 is 23.8 Å². The maximum atomic E-state index is 13.3. The number of phenols is 1. The third-order valence-electron chi connectivity index (χ3n) is 6.78. The number of ether oxygens (including phenoxy) is 4. The van der Waals surface area contributed by atoms with Gasteiger partial charge in [-0.2, -0.15) is 0 Å². The zero-order valence-electron chi connectivity index (χ0n) is 20.1. The highest BCUT2D eigenvalue weighted by atomic mass is 16.7. The molecule has 0 unspecified atom stereocenters. The van der Waals surface area contributed by atoms with Gasteiger partial charge in [-0.25, -0.2) is 4.79 Å². The van der Waals surface area contributed by atoms with E-state index in [2.05, 4.69) is 0 Å². The van der Waals surface area contributed by atoms with Crippen LogP contribution in [0.25, 0.3) is 6.08 Å². The first-order valence-corrected chi connectivity index (χ1v) is 12.3. The molecule has 3 aliphatic heterocycles. The normalized spacial score (nSPS) is 22.2. The average Bonchev–Trinajstić information content (AvgIpc) is 3.30. The van der Waals surface area contributed by atoms with Crippen LogP contribution < -0.4 is 14.2 Å². The fourth-order valence-corrected chi connectivity index (χ4v) is 4.93. The molecule has 5 rings (SSSR count). The van der Waals surface area contributed by atoms with Crippen molar-refractivity contribution in [1.29, 1.82) is 0 Å². The maximum absolute atomic E-state index is 13.3. The van der Waals surface area contributed by atoms with Crippen LogP contribution in [-0.2, 0) is 14.3 Å². The molecule has 8 nitrogen and oxygen atoms in total. The lowest BCUT2D eigenvalue weighted by Gasteiger charge is -2.27. The summed E-state index contributed by atoms with van der Waals surface area (Å²) in [6.45, 7) is 1.89. The summed E-state index contributed by atoms with van der Waals surface area (Å²) in [4.78, 5) is 37.9. The number of benzene rings is 2. The predicted octanol–water partition coefficient (Wildman–Crippen LogP) is 5.04. The smallest absolute Gasteiger partial charge is 0.342 e. The molecule has 8 heteroatoms. The minimum Gasteiger partial charge on any atom is -0.507 e. The molecule has 3 heterocycles. The number of hydrogen-bond donors (Lipinski definition) is 1. The number of aromatic hydroxyl groups is 1. The van der Waals surface area contributed by atoms with Crippen molar-refractivity contribution < 1.29 is 38.4 Å². The molecular formula is C28H28O8. The van der Waals surface area contributed by atoms with Crippen LogP contribution in [0.15, 0.2) is 30.3 Å². The monoisotopic (exact) mass is 492 g/mol. The van der Waals surface area contributed by atoms with Gasteiger partial charge in [-0.15, -0.1) is 0 Å². The van der Waals surface area contributed by atoms with Crippen molar-refractivity contribution in [3.63, 3.8) is 0 Å². The fraction of sp³-hybridized carbons (Fsp3) is 0.393. The van der Waals surface area contributed by atoms with Gasteiger partial charge in [0.1, 0.15) is 22.8 Å². The second-order valence-corrected chi connectivity index (χ2v) is 9.39. The number of hydrogen-bond acceptors (Lipinski definition) is 8. The van der Waals surface area contributed by atoms with E-state index in [-0.39, 0.29) is 36.1 Å². The van der Waals surface area contributed by atoms with Crippen molar-refractivity contribution in [2.75, 3.05) is 6.79 Å². The molecule has 2 aromatic carbocycles. The van der Waals surface area contributed by atoms with Crippen LogP contribution in [0.1, 0.15) is 84.8 Å². The molecule has 0 saturated heterocycles. The molecule has 2 aromatic rings. The summed E-state index contributed by atoms with van der Waals surface area (Å²) in [5.74, 6) is -0.345. The number of rotatable bonds is 1. The highest BCUT2D eigenvalue weighted by Gasteiger charge is 2.36. The summed E-state index contributed by atoms with van der Waals surface area (Å²) in [6, 6.07) is 6.95. The van der Waals surface area contributed by atoms with E-state index in [0.717, 1.165) is 5.56 Å².